The van der Waals surface area contributed by atoms with Crippen molar-refractivity contribution in [1.82, 2.24) is 9.47 Å². The summed E-state index contributed by atoms with van der Waals surface area (Å²) in [6.07, 6.45) is 2.96. The molecule has 184 valence electrons. The fraction of sp³-hybridized carbons (Fsp3) is 0.333. The molecule has 1 fully saturated rings. The van der Waals surface area contributed by atoms with Crippen LogP contribution < -0.4 is 5.56 Å². The highest BCUT2D eigenvalue weighted by Crippen LogP contribution is 2.22. The molecule has 1 aliphatic heterocycles. The maximum Gasteiger partial charge on any atom is 0.255 e. The standard InChI is InChI=1S/C27H28F3N3O2/c1-4-32-11-9-22(10-12-32)35-31-26(23-7-6-20(28)15-24(23)30)19-5-8-25(34)33(16-19)27-17(2)13-21(29)14-18(27)3/h5-8,13-16,22H,4,9-12H2,1-3H3. The molecule has 0 spiro atoms. The Morgan fingerprint density at radius 2 is 1.69 bits per heavy atom. The van der Waals surface area contributed by atoms with E-state index in [2.05, 4.69) is 17.0 Å². The Morgan fingerprint density at radius 1 is 1.00 bits per heavy atom. The molecule has 0 amide bonds. The van der Waals surface area contributed by atoms with Gasteiger partial charge in [-0.3, -0.25) is 9.36 Å². The lowest BCUT2D eigenvalue weighted by molar-refractivity contribution is 0.0121. The fourth-order valence-corrected chi connectivity index (χ4v) is 4.48. The van der Waals surface area contributed by atoms with Crippen molar-refractivity contribution in [3.8, 4) is 5.69 Å². The van der Waals surface area contributed by atoms with Gasteiger partial charge < -0.3 is 9.74 Å². The highest BCUT2D eigenvalue weighted by Gasteiger charge is 2.21. The average molecular weight is 484 g/mol. The second-order valence-corrected chi connectivity index (χ2v) is 8.82. The number of piperidine rings is 1. The van der Waals surface area contributed by atoms with E-state index >= 15 is 0 Å². The molecule has 1 saturated heterocycles. The molecular weight excluding hydrogens is 455 g/mol. The number of benzene rings is 2. The molecule has 3 aromatic rings. The summed E-state index contributed by atoms with van der Waals surface area (Å²) in [6, 6.07) is 8.80. The van der Waals surface area contributed by atoms with Crippen molar-refractivity contribution >= 4 is 5.71 Å². The van der Waals surface area contributed by atoms with Crippen LogP contribution in [0.4, 0.5) is 13.2 Å². The van der Waals surface area contributed by atoms with E-state index in [1.807, 2.05) is 0 Å². The summed E-state index contributed by atoms with van der Waals surface area (Å²) in [5, 5.41) is 4.31. The smallest absolute Gasteiger partial charge is 0.255 e. The Balaban J connectivity index is 1.78. The lowest BCUT2D eigenvalue weighted by atomic mass is 10.0. The number of rotatable bonds is 6. The first-order chi connectivity index (χ1) is 16.8. The zero-order valence-corrected chi connectivity index (χ0v) is 20.0. The molecule has 35 heavy (non-hydrogen) atoms. The van der Waals surface area contributed by atoms with Crippen LogP contribution in [0.25, 0.3) is 5.69 Å². The average Bonchev–Trinajstić information content (AvgIpc) is 2.81. The lowest BCUT2D eigenvalue weighted by Crippen LogP contribution is -2.36. The van der Waals surface area contributed by atoms with Crippen LogP contribution in [-0.4, -0.2) is 40.9 Å². The Morgan fingerprint density at radius 3 is 2.31 bits per heavy atom. The molecule has 5 nitrogen and oxygen atoms in total. The SMILES string of the molecule is CCN1CCC(ON=C(c2ccc(=O)n(-c3c(C)cc(F)cc3C)c2)c2ccc(F)cc2F)CC1. The van der Waals surface area contributed by atoms with Crippen molar-refractivity contribution in [2.24, 2.45) is 5.16 Å². The highest BCUT2D eigenvalue weighted by molar-refractivity contribution is 6.12. The molecule has 0 bridgehead atoms. The van der Waals surface area contributed by atoms with E-state index < -0.39 is 17.5 Å². The van der Waals surface area contributed by atoms with Crippen LogP contribution in [0.5, 0.6) is 0 Å². The molecule has 0 saturated carbocycles. The van der Waals surface area contributed by atoms with E-state index in [4.69, 9.17) is 4.84 Å². The molecule has 2 aromatic carbocycles. The second kappa shape index (κ2) is 10.5. The minimum Gasteiger partial charge on any atom is -0.392 e. The van der Waals surface area contributed by atoms with Gasteiger partial charge in [0.1, 0.15) is 29.3 Å². The first kappa shape index (κ1) is 24.7. The van der Waals surface area contributed by atoms with Gasteiger partial charge in [-0.1, -0.05) is 12.1 Å². The molecule has 8 heteroatoms. The summed E-state index contributed by atoms with van der Waals surface area (Å²) in [7, 11) is 0. The van der Waals surface area contributed by atoms with E-state index in [0.29, 0.717) is 22.4 Å². The molecule has 1 aliphatic rings. The van der Waals surface area contributed by atoms with E-state index in [-0.39, 0.29) is 22.9 Å². The molecular formula is C27H28F3N3O2. The third-order valence-corrected chi connectivity index (χ3v) is 6.34. The summed E-state index contributed by atoms with van der Waals surface area (Å²) in [6.45, 7) is 8.26. The Kier molecular flexibility index (Phi) is 7.40. The van der Waals surface area contributed by atoms with Crippen LogP contribution in [-0.2, 0) is 4.84 Å². The van der Waals surface area contributed by atoms with Crippen molar-refractivity contribution in [3.63, 3.8) is 0 Å². The number of aromatic nitrogens is 1. The summed E-state index contributed by atoms with van der Waals surface area (Å²) < 4.78 is 43.7. The largest absolute Gasteiger partial charge is 0.392 e. The summed E-state index contributed by atoms with van der Waals surface area (Å²) in [5.41, 5.74) is 1.95. The molecule has 1 aromatic heterocycles. The monoisotopic (exact) mass is 483 g/mol. The first-order valence-corrected chi connectivity index (χ1v) is 11.7. The maximum atomic E-state index is 14.8. The molecule has 0 atom stereocenters. The zero-order chi connectivity index (χ0) is 25.1. The topological polar surface area (TPSA) is 46.8 Å². The summed E-state index contributed by atoms with van der Waals surface area (Å²) in [5.74, 6) is -1.90. The zero-order valence-electron chi connectivity index (χ0n) is 20.0. The molecule has 0 N–H and O–H groups in total. The molecule has 2 heterocycles. The number of hydrogen-bond donors (Lipinski definition) is 0. The van der Waals surface area contributed by atoms with Gasteiger partial charge in [0.2, 0.25) is 0 Å². The van der Waals surface area contributed by atoms with Crippen molar-refractivity contribution < 1.29 is 18.0 Å². The lowest BCUT2D eigenvalue weighted by Gasteiger charge is -2.29. The predicted molar refractivity (Wildman–Crippen MR) is 130 cm³/mol. The number of pyridine rings is 1. The first-order valence-electron chi connectivity index (χ1n) is 11.7. The van der Waals surface area contributed by atoms with Crippen molar-refractivity contribution in [3.05, 3.63) is 98.7 Å². The number of oxime groups is 1. The second-order valence-electron chi connectivity index (χ2n) is 8.82. The van der Waals surface area contributed by atoms with E-state index in [0.717, 1.165) is 44.6 Å². The number of aryl methyl sites for hydroxylation is 2. The van der Waals surface area contributed by atoms with Crippen LogP contribution in [0.2, 0.25) is 0 Å². The minimum absolute atomic E-state index is 0.0511. The number of likely N-dealkylation sites (tertiary alicyclic amines) is 1. The van der Waals surface area contributed by atoms with Crippen molar-refractivity contribution in [1.29, 1.82) is 0 Å². The van der Waals surface area contributed by atoms with Crippen LogP contribution >= 0.6 is 0 Å². The molecule has 4 rings (SSSR count). The van der Waals surface area contributed by atoms with E-state index in [9.17, 15) is 18.0 Å². The van der Waals surface area contributed by atoms with Crippen LogP contribution in [0, 0.1) is 31.3 Å². The van der Waals surface area contributed by atoms with Crippen LogP contribution in [0.15, 0.2) is 58.6 Å². The predicted octanol–water partition coefficient (Wildman–Crippen LogP) is 5.12. The molecule has 0 aliphatic carbocycles. The summed E-state index contributed by atoms with van der Waals surface area (Å²) >= 11 is 0. The number of hydrogen-bond acceptors (Lipinski definition) is 4. The van der Waals surface area contributed by atoms with Gasteiger partial charge in [0, 0.05) is 42.5 Å². The maximum absolute atomic E-state index is 14.8. The van der Waals surface area contributed by atoms with Gasteiger partial charge >= 0.3 is 0 Å². The van der Waals surface area contributed by atoms with Crippen LogP contribution in [0.3, 0.4) is 0 Å². The number of nitrogens with zero attached hydrogens (tertiary/aromatic N) is 3. The Hall–Kier alpha value is -3.39. The molecule has 0 radical (unpaired) electrons. The normalized spacial score (nSPS) is 15.4. The van der Waals surface area contributed by atoms with Gasteiger partial charge in [-0.2, -0.15) is 0 Å². The van der Waals surface area contributed by atoms with Gasteiger partial charge in [-0.15, -0.1) is 0 Å². The Bertz CT molecular complexity index is 1290. The quantitative estimate of drug-likeness (QED) is 0.361. The van der Waals surface area contributed by atoms with E-state index in [1.54, 1.807) is 13.8 Å². The molecule has 0 unspecified atom stereocenters. The minimum atomic E-state index is -0.792. The van der Waals surface area contributed by atoms with Gasteiger partial charge in [0.05, 0.1) is 5.69 Å². The van der Waals surface area contributed by atoms with E-state index in [1.165, 1.54) is 41.1 Å². The third kappa shape index (κ3) is 5.48. The van der Waals surface area contributed by atoms with Gasteiger partial charge in [0.25, 0.3) is 5.56 Å². The summed E-state index contributed by atoms with van der Waals surface area (Å²) in [4.78, 5) is 20.9. The van der Waals surface area contributed by atoms with Gasteiger partial charge in [-0.25, -0.2) is 13.2 Å². The van der Waals surface area contributed by atoms with Crippen LogP contribution in [0.1, 0.15) is 42.0 Å². The van der Waals surface area contributed by atoms with Gasteiger partial charge in [-0.05, 0) is 74.7 Å². The number of halogens is 3. The Labute approximate surface area is 202 Å². The fourth-order valence-electron chi connectivity index (χ4n) is 4.48. The third-order valence-electron chi connectivity index (χ3n) is 6.34. The highest BCUT2D eigenvalue weighted by atomic mass is 19.1. The van der Waals surface area contributed by atoms with Gasteiger partial charge in [0.15, 0.2) is 0 Å². The van der Waals surface area contributed by atoms with Crippen molar-refractivity contribution in [2.45, 2.75) is 39.7 Å². The van der Waals surface area contributed by atoms with Crippen molar-refractivity contribution in [2.75, 3.05) is 19.6 Å².